The number of nitrogen functional groups attached to an aromatic ring is 1. The second kappa shape index (κ2) is 5.94. The fourth-order valence-corrected chi connectivity index (χ4v) is 2.39. The van der Waals surface area contributed by atoms with Crippen LogP contribution in [0.4, 0.5) is 10.5 Å². The number of hydrogen-bond acceptors (Lipinski definition) is 2. The summed E-state index contributed by atoms with van der Waals surface area (Å²) >= 11 is 0. The predicted octanol–water partition coefficient (Wildman–Crippen LogP) is 2.26. The Kier molecular flexibility index (Phi) is 4.27. The van der Waals surface area contributed by atoms with Crippen molar-refractivity contribution in [1.29, 1.82) is 5.41 Å². The van der Waals surface area contributed by atoms with Crippen LogP contribution in [0.15, 0.2) is 24.3 Å². The molecule has 0 atom stereocenters. The molecule has 0 bridgehead atoms. The molecule has 1 saturated heterocycles. The SMILES string of the molecule is CC1CCN(C(=O)N(C)c2ccc(C(=N)N)cc2)CC1. The molecule has 5 nitrogen and oxygen atoms in total. The first-order valence-electron chi connectivity index (χ1n) is 6.96. The lowest BCUT2D eigenvalue weighted by Crippen LogP contribution is -2.45. The third-order valence-electron chi connectivity index (χ3n) is 3.91. The van der Waals surface area contributed by atoms with Crippen LogP contribution >= 0.6 is 0 Å². The van der Waals surface area contributed by atoms with Gasteiger partial charge in [0.1, 0.15) is 5.84 Å². The summed E-state index contributed by atoms with van der Waals surface area (Å²) in [5.74, 6) is 0.745. The third kappa shape index (κ3) is 3.10. The highest BCUT2D eigenvalue weighted by atomic mass is 16.2. The van der Waals surface area contributed by atoms with E-state index in [1.165, 1.54) is 0 Å². The molecule has 1 aromatic rings. The van der Waals surface area contributed by atoms with Crippen molar-refractivity contribution >= 4 is 17.6 Å². The Morgan fingerprint density at radius 3 is 2.35 bits per heavy atom. The number of rotatable bonds is 2. The summed E-state index contributed by atoms with van der Waals surface area (Å²) in [5, 5.41) is 7.37. The van der Waals surface area contributed by atoms with Crippen molar-refractivity contribution in [2.75, 3.05) is 25.0 Å². The maximum absolute atomic E-state index is 12.4. The fraction of sp³-hybridized carbons (Fsp3) is 0.467. The molecular weight excluding hydrogens is 252 g/mol. The predicted molar refractivity (Wildman–Crippen MR) is 81.2 cm³/mol. The molecule has 0 unspecified atom stereocenters. The van der Waals surface area contributed by atoms with E-state index < -0.39 is 0 Å². The van der Waals surface area contributed by atoms with Crippen molar-refractivity contribution < 1.29 is 4.79 Å². The van der Waals surface area contributed by atoms with Gasteiger partial charge in [0.15, 0.2) is 0 Å². The van der Waals surface area contributed by atoms with Crippen LogP contribution in [0.2, 0.25) is 0 Å². The van der Waals surface area contributed by atoms with Crippen LogP contribution in [0.1, 0.15) is 25.3 Å². The van der Waals surface area contributed by atoms with Crippen molar-refractivity contribution in [3.05, 3.63) is 29.8 Å². The number of nitrogens with one attached hydrogen (secondary N) is 1. The van der Waals surface area contributed by atoms with Gasteiger partial charge in [-0.2, -0.15) is 0 Å². The van der Waals surface area contributed by atoms with Crippen molar-refractivity contribution in [2.45, 2.75) is 19.8 Å². The quantitative estimate of drug-likeness (QED) is 0.641. The average molecular weight is 274 g/mol. The monoisotopic (exact) mass is 274 g/mol. The van der Waals surface area contributed by atoms with E-state index in [2.05, 4.69) is 6.92 Å². The van der Waals surface area contributed by atoms with Gasteiger partial charge in [0.2, 0.25) is 0 Å². The van der Waals surface area contributed by atoms with E-state index >= 15 is 0 Å². The number of amidine groups is 1. The molecule has 1 aliphatic heterocycles. The molecular formula is C15H22N4O. The minimum Gasteiger partial charge on any atom is -0.384 e. The van der Waals surface area contributed by atoms with Gasteiger partial charge in [-0.25, -0.2) is 4.79 Å². The second-order valence-electron chi connectivity index (χ2n) is 5.47. The van der Waals surface area contributed by atoms with Gasteiger partial charge in [0, 0.05) is 31.4 Å². The summed E-state index contributed by atoms with van der Waals surface area (Å²) in [5.41, 5.74) is 6.91. The van der Waals surface area contributed by atoms with Crippen LogP contribution in [0.5, 0.6) is 0 Å². The molecule has 0 aliphatic carbocycles. The van der Waals surface area contributed by atoms with E-state index in [9.17, 15) is 4.79 Å². The highest BCUT2D eigenvalue weighted by Crippen LogP contribution is 2.20. The highest BCUT2D eigenvalue weighted by Gasteiger charge is 2.23. The Bertz CT molecular complexity index is 489. The molecule has 1 heterocycles. The number of carbonyl (C=O) groups is 1. The lowest BCUT2D eigenvalue weighted by molar-refractivity contribution is 0.181. The van der Waals surface area contributed by atoms with E-state index in [1.54, 1.807) is 24.1 Å². The number of amides is 2. The van der Waals surface area contributed by atoms with Crippen LogP contribution in [-0.2, 0) is 0 Å². The smallest absolute Gasteiger partial charge is 0.324 e. The summed E-state index contributed by atoms with van der Waals surface area (Å²) in [4.78, 5) is 16.0. The molecule has 0 saturated carbocycles. The summed E-state index contributed by atoms with van der Waals surface area (Å²) in [6.45, 7) is 3.89. The number of anilines is 1. The van der Waals surface area contributed by atoms with Gasteiger partial charge < -0.3 is 10.6 Å². The summed E-state index contributed by atoms with van der Waals surface area (Å²) in [7, 11) is 1.78. The van der Waals surface area contributed by atoms with Gasteiger partial charge >= 0.3 is 6.03 Å². The summed E-state index contributed by atoms with van der Waals surface area (Å²) in [6.07, 6.45) is 2.14. The first-order valence-corrected chi connectivity index (χ1v) is 6.96. The number of likely N-dealkylation sites (tertiary alicyclic amines) is 1. The lowest BCUT2D eigenvalue weighted by Gasteiger charge is -2.33. The van der Waals surface area contributed by atoms with Gasteiger partial charge in [-0.1, -0.05) is 6.92 Å². The number of carbonyl (C=O) groups excluding carboxylic acids is 1. The average Bonchev–Trinajstić information content (AvgIpc) is 2.46. The van der Waals surface area contributed by atoms with Gasteiger partial charge in [-0.3, -0.25) is 10.3 Å². The molecule has 1 aliphatic rings. The number of benzene rings is 1. The molecule has 0 radical (unpaired) electrons. The highest BCUT2D eigenvalue weighted by molar-refractivity contribution is 5.96. The van der Waals surface area contributed by atoms with Crippen LogP contribution in [-0.4, -0.2) is 36.9 Å². The minimum atomic E-state index is 0.0347. The topological polar surface area (TPSA) is 73.4 Å². The fourth-order valence-electron chi connectivity index (χ4n) is 2.39. The molecule has 108 valence electrons. The maximum Gasteiger partial charge on any atom is 0.324 e. The van der Waals surface area contributed by atoms with Crippen molar-refractivity contribution in [3.8, 4) is 0 Å². The van der Waals surface area contributed by atoms with E-state index in [1.807, 2.05) is 17.0 Å². The number of urea groups is 1. The molecule has 2 amide bonds. The summed E-state index contributed by atoms with van der Waals surface area (Å²) < 4.78 is 0. The maximum atomic E-state index is 12.4. The Morgan fingerprint density at radius 1 is 1.30 bits per heavy atom. The number of nitrogens with zero attached hydrogens (tertiary/aromatic N) is 2. The molecule has 1 fully saturated rings. The van der Waals surface area contributed by atoms with E-state index in [0.29, 0.717) is 11.5 Å². The molecule has 1 aromatic carbocycles. The largest absolute Gasteiger partial charge is 0.384 e. The first kappa shape index (κ1) is 14.4. The lowest BCUT2D eigenvalue weighted by atomic mass is 9.99. The first-order chi connectivity index (χ1) is 9.49. The Balaban J connectivity index is 2.04. The Morgan fingerprint density at radius 2 is 1.85 bits per heavy atom. The van der Waals surface area contributed by atoms with Crippen molar-refractivity contribution in [3.63, 3.8) is 0 Å². The molecule has 5 heteroatoms. The minimum absolute atomic E-state index is 0.0347. The zero-order valence-electron chi connectivity index (χ0n) is 12.1. The van der Waals surface area contributed by atoms with Crippen molar-refractivity contribution in [2.24, 2.45) is 11.7 Å². The van der Waals surface area contributed by atoms with Crippen LogP contribution in [0, 0.1) is 11.3 Å². The standard InChI is InChI=1S/C15H22N4O/c1-11-7-9-19(10-8-11)15(20)18(2)13-5-3-12(4-6-13)14(16)17/h3-6,11H,7-10H2,1-2H3,(H3,16,17). The number of piperidine rings is 1. The molecule has 0 aromatic heterocycles. The number of hydrogen-bond donors (Lipinski definition) is 2. The third-order valence-corrected chi connectivity index (χ3v) is 3.91. The van der Waals surface area contributed by atoms with E-state index in [-0.39, 0.29) is 11.9 Å². The molecule has 0 spiro atoms. The van der Waals surface area contributed by atoms with E-state index in [4.69, 9.17) is 11.1 Å². The van der Waals surface area contributed by atoms with Crippen molar-refractivity contribution in [1.82, 2.24) is 4.90 Å². The number of nitrogens with two attached hydrogens (primary N) is 1. The zero-order valence-corrected chi connectivity index (χ0v) is 12.1. The molecule has 2 rings (SSSR count). The summed E-state index contributed by atoms with van der Waals surface area (Å²) in [6, 6.07) is 7.20. The molecule has 3 N–H and O–H groups in total. The second-order valence-corrected chi connectivity index (χ2v) is 5.47. The van der Waals surface area contributed by atoms with Crippen LogP contribution < -0.4 is 10.6 Å². The van der Waals surface area contributed by atoms with Gasteiger partial charge in [0.05, 0.1) is 0 Å². The van der Waals surface area contributed by atoms with Gasteiger partial charge in [0.25, 0.3) is 0 Å². The molecule has 20 heavy (non-hydrogen) atoms. The normalized spacial score (nSPS) is 16.0. The zero-order chi connectivity index (χ0) is 14.7. The van der Waals surface area contributed by atoms with Crippen LogP contribution in [0.25, 0.3) is 0 Å². The van der Waals surface area contributed by atoms with Crippen LogP contribution in [0.3, 0.4) is 0 Å². The van der Waals surface area contributed by atoms with E-state index in [0.717, 1.165) is 31.6 Å². The Labute approximate surface area is 119 Å². The Hall–Kier alpha value is -2.04. The van der Waals surface area contributed by atoms with Gasteiger partial charge in [-0.15, -0.1) is 0 Å². The van der Waals surface area contributed by atoms with Gasteiger partial charge in [-0.05, 0) is 43.0 Å².